The Hall–Kier alpha value is -1.64. The molecule has 0 fully saturated rings. The van der Waals surface area contributed by atoms with Gasteiger partial charge in [-0.3, -0.25) is 9.59 Å². The van der Waals surface area contributed by atoms with Crippen LogP contribution < -0.4 is 0 Å². The zero-order valence-corrected chi connectivity index (χ0v) is 10.9. The first kappa shape index (κ1) is 14.4. The minimum atomic E-state index is -0.922. The minimum absolute atomic E-state index is 0.135. The van der Waals surface area contributed by atoms with E-state index in [-0.39, 0.29) is 6.54 Å². The number of methoxy groups -OCH3 is 1. The number of hydrogen-bond donors (Lipinski definition) is 1. The Labute approximate surface area is 108 Å². The summed E-state index contributed by atoms with van der Waals surface area (Å²) in [6, 6.07) is 0. The molecule has 1 heterocycles. The van der Waals surface area contributed by atoms with Gasteiger partial charge in [0.05, 0.1) is 7.11 Å². The molecule has 18 heavy (non-hydrogen) atoms. The SMILES string of the molecule is CCCC(Sc1nnnn1CC(=O)OC)C(=O)O. The number of aromatic nitrogens is 4. The third-order valence-electron chi connectivity index (χ3n) is 2.08. The smallest absolute Gasteiger partial charge is 0.327 e. The van der Waals surface area contributed by atoms with Crippen LogP contribution >= 0.6 is 11.8 Å². The van der Waals surface area contributed by atoms with E-state index in [2.05, 4.69) is 20.3 Å². The van der Waals surface area contributed by atoms with E-state index in [1.807, 2.05) is 6.92 Å². The summed E-state index contributed by atoms with van der Waals surface area (Å²) in [6.07, 6.45) is 1.24. The summed E-state index contributed by atoms with van der Waals surface area (Å²) in [7, 11) is 1.26. The molecule has 1 aromatic rings. The minimum Gasteiger partial charge on any atom is -0.480 e. The third-order valence-corrected chi connectivity index (χ3v) is 3.30. The second-order valence-electron chi connectivity index (χ2n) is 3.43. The van der Waals surface area contributed by atoms with Crippen molar-refractivity contribution in [2.24, 2.45) is 0 Å². The van der Waals surface area contributed by atoms with Crippen molar-refractivity contribution < 1.29 is 19.4 Å². The molecule has 9 heteroatoms. The van der Waals surface area contributed by atoms with Crippen molar-refractivity contribution in [3.05, 3.63) is 0 Å². The molecule has 0 aromatic carbocycles. The normalized spacial score (nSPS) is 12.1. The molecule has 0 aliphatic carbocycles. The highest BCUT2D eigenvalue weighted by molar-refractivity contribution is 8.00. The van der Waals surface area contributed by atoms with Crippen molar-refractivity contribution in [1.29, 1.82) is 0 Å². The fraction of sp³-hybridized carbons (Fsp3) is 0.667. The molecule has 0 radical (unpaired) electrons. The Morgan fingerprint density at radius 2 is 2.28 bits per heavy atom. The van der Waals surface area contributed by atoms with E-state index in [0.29, 0.717) is 11.6 Å². The van der Waals surface area contributed by atoms with Gasteiger partial charge in [-0.1, -0.05) is 25.1 Å². The van der Waals surface area contributed by atoms with Gasteiger partial charge in [-0.15, -0.1) is 5.10 Å². The molecule has 1 rings (SSSR count). The molecule has 8 nitrogen and oxygen atoms in total. The van der Waals surface area contributed by atoms with Crippen LogP contribution in [-0.2, 0) is 20.9 Å². The largest absolute Gasteiger partial charge is 0.480 e. The molecule has 0 amide bonds. The molecule has 100 valence electrons. The molecule has 1 atom stereocenters. The first-order chi connectivity index (χ1) is 8.58. The summed E-state index contributed by atoms with van der Waals surface area (Å²) in [5.41, 5.74) is 0. The molecule has 0 aliphatic rings. The van der Waals surface area contributed by atoms with Crippen LogP contribution in [0.1, 0.15) is 19.8 Å². The Kier molecular flexibility index (Phi) is 5.56. The van der Waals surface area contributed by atoms with Crippen molar-refractivity contribution in [1.82, 2.24) is 20.2 Å². The van der Waals surface area contributed by atoms with Gasteiger partial charge < -0.3 is 9.84 Å². The summed E-state index contributed by atoms with van der Waals surface area (Å²) in [5, 5.41) is 19.4. The lowest BCUT2D eigenvalue weighted by atomic mass is 10.2. The number of rotatable bonds is 7. The van der Waals surface area contributed by atoms with Gasteiger partial charge in [0.25, 0.3) is 0 Å². The van der Waals surface area contributed by atoms with E-state index >= 15 is 0 Å². The van der Waals surface area contributed by atoms with E-state index in [4.69, 9.17) is 5.11 Å². The highest BCUT2D eigenvalue weighted by atomic mass is 32.2. The zero-order valence-electron chi connectivity index (χ0n) is 10.1. The Morgan fingerprint density at radius 1 is 1.56 bits per heavy atom. The van der Waals surface area contributed by atoms with Crippen LogP contribution in [0.5, 0.6) is 0 Å². The predicted octanol–water partition coefficient (Wildman–Crippen LogP) is 0.191. The Balaban J connectivity index is 2.74. The van der Waals surface area contributed by atoms with E-state index in [1.165, 1.54) is 11.8 Å². The molecule has 1 unspecified atom stereocenters. The molecule has 0 aliphatic heterocycles. The maximum atomic E-state index is 11.1. The van der Waals surface area contributed by atoms with Gasteiger partial charge >= 0.3 is 11.9 Å². The van der Waals surface area contributed by atoms with Gasteiger partial charge in [0.2, 0.25) is 5.16 Å². The van der Waals surface area contributed by atoms with Gasteiger partial charge in [0.15, 0.2) is 0 Å². The Bertz CT molecular complexity index is 422. The van der Waals surface area contributed by atoms with Gasteiger partial charge in [-0.25, -0.2) is 4.68 Å². The topological polar surface area (TPSA) is 107 Å². The molecular weight excluding hydrogens is 260 g/mol. The average Bonchev–Trinajstić information content (AvgIpc) is 2.75. The molecular formula is C9H14N4O4S. The van der Waals surface area contributed by atoms with Gasteiger partial charge in [0, 0.05) is 0 Å². The van der Waals surface area contributed by atoms with E-state index in [0.717, 1.165) is 18.2 Å². The standard InChI is InChI=1S/C9H14N4O4S/c1-3-4-6(8(15)16)18-9-10-11-12-13(9)5-7(14)17-2/h6H,3-5H2,1-2H3,(H,15,16). The fourth-order valence-electron chi connectivity index (χ4n) is 1.19. The maximum absolute atomic E-state index is 11.1. The predicted molar refractivity (Wildman–Crippen MR) is 62.0 cm³/mol. The van der Waals surface area contributed by atoms with E-state index in [9.17, 15) is 9.59 Å². The third kappa shape index (κ3) is 3.99. The van der Waals surface area contributed by atoms with Gasteiger partial charge in [-0.2, -0.15) is 0 Å². The number of esters is 1. The van der Waals surface area contributed by atoms with Crippen molar-refractivity contribution in [2.45, 2.75) is 36.7 Å². The number of carbonyl (C=O) groups excluding carboxylic acids is 1. The van der Waals surface area contributed by atoms with Gasteiger partial charge in [0.1, 0.15) is 11.8 Å². The second kappa shape index (κ2) is 6.94. The quantitative estimate of drug-likeness (QED) is 0.554. The fourth-order valence-corrected chi connectivity index (χ4v) is 2.20. The van der Waals surface area contributed by atoms with E-state index in [1.54, 1.807) is 0 Å². The summed E-state index contributed by atoms with van der Waals surface area (Å²) in [4.78, 5) is 22.1. The lowest BCUT2D eigenvalue weighted by Crippen LogP contribution is -2.19. The first-order valence-electron chi connectivity index (χ1n) is 5.31. The number of tetrazole rings is 1. The number of ether oxygens (including phenoxy) is 1. The summed E-state index contributed by atoms with van der Waals surface area (Å²) >= 11 is 1.03. The monoisotopic (exact) mass is 274 g/mol. The van der Waals surface area contributed by atoms with Crippen LogP contribution in [0.4, 0.5) is 0 Å². The van der Waals surface area contributed by atoms with Crippen LogP contribution in [0, 0.1) is 0 Å². The first-order valence-corrected chi connectivity index (χ1v) is 6.18. The van der Waals surface area contributed by atoms with Crippen molar-refractivity contribution in [3.63, 3.8) is 0 Å². The van der Waals surface area contributed by atoms with Crippen molar-refractivity contribution in [3.8, 4) is 0 Å². The molecule has 0 bridgehead atoms. The number of thioether (sulfide) groups is 1. The summed E-state index contributed by atoms with van der Waals surface area (Å²) in [6.45, 7) is 1.76. The molecule has 0 spiro atoms. The molecule has 1 aromatic heterocycles. The molecule has 0 saturated carbocycles. The van der Waals surface area contributed by atoms with E-state index < -0.39 is 17.2 Å². The van der Waals surface area contributed by atoms with Gasteiger partial charge in [-0.05, 0) is 16.8 Å². The number of carboxylic acid groups (broad SMARTS) is 1. The van der Waals surface area contributed by atoms with Crippen LogP contribution in [0.2, 0.25) is 0 Å². The lowest BCUT2D eigenvalue weighted by molar-refractivity contribution is -0.141. The lowest BCUT2D eigenvalue weighted by Gasteiger charge is -2.09. The number of nitrogens with zero attached hydrogens (tertiary/aromatic N) is 4. The molecule has 1 N–H and O–H groups in total. The molecule has 0 saturated heterocycles. The van der Waals surface area contributed by atoms with Crippen molar-refractivity contribution in [2.75, 3.05) is 7.11 Å². The second-order valence-corrected chi connectivity index (χ2v) is 4.60. The number of carboxylic acids is 1. The zero-order chi connectivity index (χ0) is 13.5. The highest BCUT2D eigenvalue weighted by Crippen LogP contribution is 2.24. The van der Waals surface area contributed by atoms with Crippen LogP contribution in [0.25, 0.3) is 0 Å². The highest BCUT2D eigenvalue weighted by Gasteiger charge is 2.22. The number of aliphatic carboxylic acids is 1. The van der Waals surface area contributed by atoms with Crippen molar-refractivity contribution >= 4 is 23.7 Å². The summed E-state index contributed by atoms with van der Waals surface area (Å²) in [5.74, 6) is -1.42. The van der Waals surface area contributed by atoms with Crippen LogP contribution in [-0.4, -0.2) is 49.6 Å². The Morgan fingerprint density at radius 3 is 2.83 bits per heavy atom. The average molecular weight is 274 g/mol. The van der Waals surface area contributed by atoms with Crippen LogP contribution in [0.3, 0.4) is 0 Å². The maximum Gasteiger partial charge on any atom is 0.327 e. The number of hydrogen-bond acceptors (Lipinski definition) is 7. The number of carbonyl (C=O) groups is 2. The summed E-state index contributed by atoms with van der Waals surface area (Å²) < 4.78 is 5.72. The van der Waals surface area contributed by atoms with Crippen LogP contribution in [0.15, 0.2) is 5.16 Å².